The Balaban J connectivity index is 2.28. The molecule has 1 aromatic carbocycles. The van der Waals surface area contributed by atoms with Crippen LogP contribution in [0.4, 0.5) is 4.39 Å². The Hall–Kier alpha value is -0.890. The van der Waals surface area contributed by atoms with Gasteiger partial charge in [0.05, 0.1) is 5.60 Å². The first kappa shape index (κ1) is 7.74. The molecular weight excluding hydrogens is 155 g/mol. The number of aliphatic hydroxyl groups is 1. The van der Waals surface area contributed by atoms with Crippen molar-refractivity contribution in [3.8, 4) is 0 Å². The van der Waals surface area contributed by atoms with Gasteiger partial charge in [-0.3, -0.25) is 0 Å². The highest BCUT2D eigenvalue weighted by Gasteiger charge is 2.35. The molecule has 1 N–H and O–H groups in total. The number of hydrogen-bond donors (Lipinski definition) is 1. The van der Waals surface area contributed by atoms with Crippen molar-refractivity contribution in [3.63, 3.8) is 0 Å². The minimum absolute atomic E-state index is 0.248. The van der Waals surface area contributed by atoms with Crippen molar-refractivity contribution in [1.82, 2.24) is 0 Å². The average Bonchev–Trinajstić information content (AvgIpc) is 2.02. The van der Waals surface area contributed by atoms with Crippen molar-refractivity contribution in [2.75, 3.05) is 0 Å². The second kappa shape index (κ2) is 2.56. The fourth-order valence-electron chi connectivity index (χ4n) is 1.56. The van der Waals surface area contributed by atoms with Crippen molar-refractivity contribution in [2.24, 2.45) is 0 Å². The fourth-order valence-corrected chi connectivity index (χ4v) is 1.56. The summed E-state index contributed by atoms with van der Waals surface area (Å²) in [5.41, 5.74) is 0.184. The molecular formula is C10H11FO. The van der Waals surface area contributed by atoms with E-state index in [2.05, 4.69) is 0 Å². The maximum Gasteiger partial charge on any atom is 0.123 e. The second-order valence-corrected chi connectivity index (χ2v) is 3.39. The number of rotatable bonds is 1. The third kappa shape index (κ3) is 1.12. The molecule has 1 saturated carbocycles. The first-order valence-electron chi connectivity index (χ1n) is 4.19. The van der Waals surface area contributed by atoms with Gasteiger partial charge in [0.2, 0.25) is 0 Å². The van der Waals surface area contributed by atoms with Crippen molar-refractivity contribution in [1.29, 1.82) is 0 Å². The van der Waals surface area contributed by atoms with Gasteiger partial charge in [-0.25, -0.2) is 4.39 Å². The van der Waals surface area contributed by atoms with E-state index in [1.54, 1.807) is 12.1 Å². The van der Waals surface area contributed by atoms with Crippen LogP contribution >= 0.6 is 0 Å². The number of benzene rings is 1. The van der Waals surface area contributed by atoms with Crippen LogP contribution in [0.15, 0.2) is 24.3 Å². The Morgan fingerprint density at radius 3 is 2.17 bits per heavy atom. The molecule has 64 valence electrons. The van der Waals surface area contributed by atoms with E-state index in [-0.39, 0.29) is 5.82 Å². The quantitative estimate of drug-likeness (QED) is 0.678. The smallest absolute Gasteiger partial charge is 0.123 e. The van der Waals surface area contributed by atoms with Gasteiger partial charge in [-0.1, -0.05) is 12.1 Å². The Morgan fingerprint density at radius 1 is 1.17 bits per heavy atom. The molecule has 0 saturated heterocycles. The van der Waals surface area contributed by atoms with Crippen molar-refractivity contribution in [3.05, 3.63) is 35.6 Å². The molecule has 1 fully saturated rings. The lowest BCUT2D eigenvalue weighted by atomic mass is 9.75. The first-order chi connectivity index (χ1) is 5.71. The predicted molar refractivity (Wildman–Crippen MR) is 44.1 cm³/mol. The summed E-state index contributed by atoms with van der Waals surface area (Å²) in [7, 11) is 0. The maximum atomic E-state index is 12.5. The summed E-state index contributed by atoms with van der Waals surface area (Å²) >= 11 is 0. The highest BCUT2D eigenvalue weighted by molar-refractivity contribution is 5.24. The highest BCUT2D eigenvalue weighted by Crippen LogP contribution is 2.40. The van der Waals surface area contributed by atoms with E-state index in [0.29, 0.717) is 0 Å². The molecule has 2 heteroatoms. The Kier molecular flexibility index (Phi) is 1.65. The predicted octanol–water partition coefficient (Wildman–Crippen LogP) is 2.20. The van der Waals surface area contributed by atoms with E-state index in [9.17, 15) is 9.50 Å². The third-order valence-corrected chi connectivity index (χ3v) is 2.56. The van der Waals surface area contributed by atoms with E-state index in [0.717, 1.165) is 24.8 Å². The van der Waals surface area contributed by atoms with E-state index < -0.39 is 5.60 Å². The Labute approximate surface area is 70.8 Å². The number of hydrogen-bond acceptors (Lipinski definition) is 1. The van der Waals surface area contributed by atoms with Gasteiger partial charge < -0.3 is 5.11 Å². The third-order valence-electron chi connectivity index (χ3n) is 2.56. The van der Waals surface area contributed by atoms with Gasteiger partial charge in [-0.15, -0.1) is 0 Å². The largest absolute Gasteiger partial charge is 0.385 e. The van der Waals surface area contributed by atoms with Gasteiger partial charge in [-0.05, 0) is 37.0 Å². The topological polar surface area (TPSA) is 20.2 Å². The van der Waals surface area contributed by atoms with E-state index in [4.69, 9.17) is 0 Å². The number of halogens is 1. The molecule has 1 aromatic rings. The molecule has 12 heavy (non-hydrogen) atoms. The van der Waals surface area contributed by atoms with Crippen LogP contribution in [-0.4, -0.2) is 5.11 Å². The average molecular weight is 166 g/mol. The van der Waals surface area contributed by atoms with Crippen LogP contribution in [0.2, 0.25) is 0 Å². The molecule has 0 radical (unpaired) electrons. The molecule has 2 rings (SSSR count). The normalized spacial score (nSPS) is 20.2. The lowest BCUT2D eigenvalue weighted by Gasteiger charge is -2.37. The van der Waals surface area contributed by atoms with Crippen molar-refractivity contribution >= 4 is 0 Å². The van der Waals surface area contributed by atoms with E-state index in [1.807, 2.05) is 0 Å². The SMILES string of the molecule is OC1(c2ccc(F)cc2)CCC1. The Morgan fingerprint density at radius 2 is 1.75 bits per heavy atom. The summed E-state index contributed by atoms with van der Waals surface area (Å²) in [5.74, 6) is -0.248. The first-order valence-corrected chi connectivity index (χ1v) is 4.19. The molecule has 0 heterocycles. The van der Waals surface area contributed by atoms with Crippen LogP contribution in [0.25, 0.3) is 0 Å². The Bertz CT molecular complexity index is 274. The van der Waals surface area contributed by atoms with E-state index in [1.165, 1.54) is 12.1 Å². The molecule has 0 spiro atoms. The van der Waals surface area contributed by atoms with Crippen LogP contribution in [0.5, 0.6) is 0 Å². The van der Waals surface area contributed by atoms with Gasteiger partial charge >= 0.3 is 0 Å². The zero-order chi connectivity index (χ0) is 8.60. The van der Waals surface area contributed by atoms with Gasteiger partial charge in [-0.2, -0.15) is 0 Å². The molecule has 0 aromatic heterocycles. The summed E-state index contributed by atoms with van der Waals surface area (Å²) in [6.45, 7) is 0. The molecule has 0 amide bonds. The van der Waals surface area contributed by atoms with Crippen LogP contribution in [-0.2, 0) is 5.60 Å². The maximum absolute atomic E-state index is 12.5. The summed E-state index contributed by atoms with van der Waals surface area (Å²) < 4.78 is 12.5. The monoisotopic (exact) mass is 166 g/mol. The van der Waals surface area contributed by atoms with Crippen LogP contribution in [0, 0.1) is 5.82 Å². The summed E-state index contributed by atoms with van der Waals surface area (Å²) in [6, 6.07) is 6.11. The zero-order valence-electron chi connectivity index (χ0n) is 6.76. The summed E-state index contributed by atoms with van der Waals surface area (Å²) in [4.78, 5) is 0. The van der Waals surface area contributed by atoms with Crippen LogP contribution < -0.4 is 0 Å². The minimum atomic E-state index is -0.659. The van der Waals surface area contributed by atoms with Gasteiger partial charge in [0, 0.05) is 0 Å². The van der Waals surface area contributed by atoms with Gasteiger partial charge in [0.1, 0.15) is 5.82 Å². The standard InChI is InChI=1S/C10H11FO/c11-9-4-2-8(3-5-9)10(12)6-1-7-10/h2-5,12H,1,6-7H2. The lowest BCUT2D eigenvalue weighted by Crippen LogP contribution is -2.33. The summed E-state index contributed by atoms with van der Waals surface area (Å²) in [6.07, 6.45) is 2.67. The lowest BCUT2D eigenvalue weighted by molar-refractivity contribution is -0.0388. The summed E-state index contributed by atoms with van der Waals surface area (Å²) in [5, 5.41) is 9.85. The molecule has 0 aliphatic heterocycles. The minimum Gasteiger partial charge on any atom is -0.385 e. The molecule has 1 aliphatic carbocycles. The molecule has 1 aliphatic rings. The van der Waals surface area contributed by atoms with Gasteiger partial charge in [0.25, 0.3) is 0 Å². The fraction of sp³-hybridized carbons (Fsp3) is 0.400. The van der Waals surface area contributed by atoms with E-state index >= 15 is 0 Å². The van der Waals surface area contributed by atoms with Crippen LogP contribution in [0.1, 0.15) is 24.8 Å². The molecule has 1 nitrogen and oxygen atoms in total. The van der Waals surface area contributed by atoms with Gasteiger partial charge in [0.15, 0.2) is 0 Å². The highest BCUT2D eigenvalue weighted by atomic mass is 19.1. The van der Waals surface area contributed by atoms with Crippen molar-refractivity contribution < 1.29 is 9.50 Å². The van der Waals surface area contributed by atoms with Crippen molar-refractivity contribution in [2.45, 2.75) is 24.9 Å². The molecule has 0 unspecified atom stereocenters. The zero-order valence-corrected chi connectivity index (χ0v) is 6.76. The second-order valence-electron chi connectivity index (χ2n) is 3.39. The molecule has 0 atom stereocenters. The molecule has 0 bridgehead atoms. The van der Waals surface area contributed by atoms with Crippen LogP contribution in [0.3, 0.4) is 0 Å².